The van der Waals surface area contributed by atoms with Crippen molar-refractivity contribution in [2.75, 3.05) is 51.2 Å². The van der Waals surface area contributed by atoms with E-state index in [-0.39, 0.29) is 24.0 Å². The SMILES string of the molecule is CN=C(NCCCN1CCN(c2ncccn2)CC1)NC(C)C(C)C.I. The molecule has 2 N–H and O–H groups in total. The highest BCUT2D eigenvalue weighted by Gasteiger charge is 2.18. The average molecular weight is 475 g/mol. The number of hydrogen-bond donors (Lipinski definition) is 2. The van der Waals surface area contributed by atoms with E-state index in [1.807, 2.05) is 13.1 Å². The first-order valence-corrected chi connectivity index (χ1v) is 9.31. The van der Waals surface area contributed by atoms with Gasteiger partial charge in [0.15, 0.2) is 5.96 Å². The molecule has 1 atom stereocenters. The molecule has 0 bridgehead atoms. The molecule has 1 unspecified atom stereocenters. The largest absolute Gasteiger partial charge is 0.356 e. The minimum absolute atomic E-state index is 0. The molecule has 26 heavy (non-hydrogen) atoms. The molecule has 0 amide bonds. The minimum Gasteiger partial charge on any atom is -0.356 e. The van der Waals surface area contributed by atoms with Gasteiger partial charge in [0.2, 0.25) is 5.95 Å². The van der Waals surface area contributed by atoms with Crippen LogP contribution >= 0.6 is 24.0 Å². The van der Waals surface area contributed by atoms with Gasteiger partial charge in [-0.25, -0.2) is 9.97 Å². The van der Waals surface area contributed by atoms with Crippen LogP contribution in [0.3, 0.4) is 0 Å². The lowest BCUT2D eigenvalue weighted by atomic mass is 10.1. The normalized spacial score (nSPS) is 17.0. The Kier molecular flexibility index (Phi) is 10.8. The number of guanidine groups is 1. The van der Waals surface area contributed by atoms with Crippen molar-refractivity contribution in [3.8, 4) is 0 Å². The highest BCUT2D eigenvalue weighted by molar-refractivity contribution is 14.0. The summed E-state index contributed by atoms with van der Waals surface area (Å²) in [6.45, 7) is 12.8. The molecule has 1 fully saturated rings. The first-order valence-electron chi connectivity index (χ1n) is 9.31. The second kappa shape index (κ2) is 12.3. The number of nitrogens with zero attached hydrogens (tertiary/aromatic N) is 5. The van der Waals surface area contributed by atoms with Gasteiger partial charge in [0.1, 0.15) is 0 Å². The van der Waals surface area contributed by atoms with Gasteiger partial charge in [-0.1, -0.05) is 13.8 Å². The summed E-state index contributed by atoms with van der Waals surface area (Å²) in [6.07, 6.45) is 4.72. The van der Waals surface area contributed by atoms with Gasteiger partial charge in [0.05, 0.1) is 0 Å². The first-order chi connectivity index (χ1) is 12.1. The molecule has 148 valence electrons. The van der Waals surface area contributed by atoms with Crippen LogP contribution in [0, 0.1) is 5.92 Å². The van der Waals surface area contributed by atoms with Crippen molar-refractivity contribution in [2.45, 2.75) is 33.2 Å². The van der Waals surface area contributed by atoms with Crippen LogP contribution in [0.1, 0.15) is 27.2 Å². The van der Waals surface area contributed by atoms with Gasteiger partial charge in [-0.2, -0.15) is 0 Å². The standard InChI is InChI=1S/C18H33N7.HI/c1-15(2)16(3)23-17(19-4)20-9-6-10-24-11-13-25(14-12-24)18-21-7-5-8-22-18;/h5,7-8,15-16H,6,9-14H2,1-4H3,(H2,19,20,23);1H. The van der Waals surface area contributed by atoms with E-state index >= 15 is 0 Å². The molecule has 1 aromatic rings. The molecule has 0 saturated carbocycles. The zero-order valence-corrected chi connectivity index (χ0v) is 18.8. The summed E-state index contributed by atoms with van der Waals surface area (Å²) >= 11 is 0. The number of aromatic nitrogens is 2. The van der Waals surface area contributed by atoms with Crippen LogP contribution in [0.5, 0.6) is 0 Å². The molecular weight excluding hydrogens is 441 g/mol. The molecule has 1 aromatic heterocycles. The lowest BCUT2D eigenvalue weighted by Crippen LogP contribution is -2.48. The number of anilines is 1. The Balaban J connectivity index is 0.00000338. The van der Waals surface area contributed by atoms with E-state index in [0.29, 0.717) is 12.0 Å². The topological polar surface area (TPSA) is 68.7 Å². The minimum atomic E-state index is 0. The predicted octanol–water partition coefficient (Wildman–Crippen LogP) is 1.82. The van der Waals surface area contributed by atoms with Gasteiger partial charge in [-0.05, 0) is 31.9 Å². The fourth-order valence-corrected chi connectivity index (χ4v) is 2.71. The molecule has 0 radical (unpaired) electrons. The predicted molar refractivity (Wildman–Crippen MR) is 120 cm³/mol. The van der Waals surface area contributed by atoms with Crippen molar-refractivity contribution in [3.05, 3.63) is 18.5 Å². The molecule has 7 nitrogen and oxygen atoms in total. The first kappa shape index (κ1) is 22.9. The van der Waals surface area contributed by atoms with Crippen LogP contribution in [-0.2, 0) is 0 Å². The van der Waals surface area contributed by atoms with Crippen molar-refractivity contribution in [1.29, 1.82) is 0 Å². The molecule has 1 aliphatic heterocycles. The van der Waals surface area contributed by atoms with E-state index in [0.717, 1.165) is 57.6 Å². The number of halogens is 1. The van der Waals surface area contributed by atoms with Crippen LogP contribution in [0.25, 0.3) is 0 Å². The average Bonchev–Trinajstić information content (AvgIpc) is 2.65. The zero-order valence-electron chi connectivity index (χ0n) is 16.5. The summed E-state index contributed by atoms with van der Waals surface area (Å²) in [5, 5.41) is 6.84. The van der Waals surface area contributed by atoms with Crippen LogP contribution < -0.4 is 15.5 Å². The summed E-state index contributed by atoms with van der Waals surface area (Å²) in [5.41, 5.74) is 0. The third-order valence-corrected chi connectivity index (χ3v) is 4.74. The molecule has 1 aliphatic rings. The molecule has 0 spiro atoms. The van der Waals surface area contributed by atoms with Crippen molar-refractivity contribution >= 4 is 35.9 Å². The lowest BCUT2D eigenvalue weighted by molar-refractivity contribution is 0.254. The number of nitrogens with one attached hydrogen (secondary N) is 2. The second-order valence-electron chi connectivity index (χ2n) is 6.91. The second-order valence-corrected chi connectivity index (χ2v) is 6.91. The Morgan fingerprint density at radius 2 is 1.81 bits per heavy atom. The summed E-state index contributed by atoms with van der Waals surface area (Å²) in [5.74, 6) is 2.33. The van der Waals surface area contributed by atoms with Crippen LogP contribution in [0.15, 0.2) is 23.5 Å². The van der Waals surface area contributed by atoms with E-state index in [9.17, 15) is 0 Å². The van der Waals surface area contributed by atoms with Gasteiger partial charge in [0, 0.05) is 58.2 Å². The van der Waals surface area contributed by atoms with Gasteiger partial charge in [-0.15, -0.1) is 24.0 Å². The molecular formula is C18H34IN7. The third kappa shape index (κ3) is 7.61. The lowest BCUT2D eigenvalue weighted by Gasteiger charge is -2.34. The maximum atomic E-state index is 4.33. The van der Waals surface area contributed by atoms with Crippen LogP contribution in [0.2, 0.25) is 0 Å². The van der Waals surface area contributed by atoms with Crippen molar-refractivity contribution in [2.24, 2.45) is 10.9 Å². The smallest absolute Gasteiger partial charge is 0.225 e. The maximum absolute atomic E-state index is 4.33. The van der Waals surface area contributed by atoms with E-state index in [1.54, 1.807) is 12.4 Å². The Morgan fingerprint density at radius 1 is 1.15 bits per heavy atom. The molecule has 2 heterocycles. The summed E-state index contributed by atoms with van der Waals surface area (Å²) in [4.78, 5) is 17.7. The quantitative estimate of drug-likeness (QED) is 0.272. The van der Waals surface area contributed by atoms with E-state index in [1.165, 1.54) is 0 Å². The Labute approximate surface area is 175 Å². The Bertz CT molecular complexity index is 516. The number of piperazine rings is 1. The van der Waals surface area contributed by atoms with Gasteiger partial charge in [0.25, 0.3) is 0 Å². The van der Waals surface area contributed by atoms with Gasteiger partial charge in [-0.3, -0.25) is 9.89 Å². The zero-order chi connectivity index (χ0) is 18.1. The molecule has 0 aromatic carbocycles. The van der Waals surface area contributed by atoms with E-state index in [4.69, 9.17) is 0 Å². The van der Waals surface area contributed by atoms with Crippen molar-refractivity contribution < 1.29 is 0 Å². The molecule has 8 heteroatoms. The fraction of sp³-hybridized carbons (Fsp3) is 0.722. The fourth-order valence-electron chi connectivity index (χ4n) is 2.71. The van der Waals surface area contributed by atoms with Crippen LogP contribution in [0.4, 0.5) is 5.95 Å². The van der Waals surface area contributed by atoms with Crippen LogP contribution in [-0.4, -0.2) is 73.2 Å². The monoisotopic (exact) mass is 475 g/mol. The summed E-state index contributed by atoms with van der Waals surface area (Å²) in [7, 11) is 1.83. The highest BCUT2D eigenvalue weighted by Crippen LogP contribution is 2.09. The Hall–Kier alpha value is -1.16. The molecule has 0 aliphatic carbocycles. The Morgan fingerprint density at radius 3 is 2.38 bits per heavy atom. The highest BCUT2D eigenvalue weighted by atomic mass is 127. The van der Waals surface area contributed by atoms with Crippen molar-refractivity contribution in [3.63, 3.8) is 0 Å². The summed E-state index contributed by atoms with van der Waals surface area (Å²) in [6, 6.07) is 2.27. The van der Waals surface area contributed by atoms with E-state index < -0.39 is 0 Å². The summed E-state index contributed by atoms with van der Waals surface area (Å²) < 4.78 is 0. The number of hydrogen-bond acceptors (Lipinski definition) is 5. The van der Waals surface area contributed by atoms with Gasteiger partial charge >= 0.3 is 0 Å². The van der Waals surface area contributed by atoms with E-state index in [2.05, 4.69) is 56.2 Å². The molecule has 1 saturated heterocycles. The maximum Gasteiger partial charge on any atom is 0.225 e. The number of aliphatic imine (C=N–C) groups is 1. The van der Waals surface area contributed by atoms with Crippen molar-refractivity contribution in [1.82, 2.24) is 25.5 Å². The van der Waals surface area contributed by atoms with Gasteiger partial charge < -0.3 is 15.5 Å². The third-order valence-electron chi connectivity index (χ3n) is 4.74. The molecule has 2 rings (SSSR count). The number of rotatable bonds is 7.